The van der Waals surface area contributed by atoms with Crippen LogP contribution in [0.15, 0.2) is 30.3 Å². The van der Waals surface area contributed by atoms with Crippen LogP contribution in [0.1, 0.15) is 29.5 Å². The van der Waals surface area contributed by atoms with Crippen molar-refractivity contribution < 1.29 is 4.79 Å². The first-order chi connectivity index (χ1) is 9.74. The van der Waals surface area contributed by atoms with Gasteiger partial charge in [-0.25, -0.2) is 0 Å². The summed E-state index contributed by atoms with van der Waals surface area (Å²) in [6.45, 7) is 0.812. The van der Waals surface area contributed by atoms with E-state index in [0.717, 1.165) is 19.4 Å². The maximum Gasteiger partial charge on any atom is 0.230 e. The van der Waals surface area contributed by atoms with Crippen molar-refractivity contribution in [2.75, 3.05) is 12.3 Å². The molecule has 3 rings (SSSR count). The minimum absolute atomic E-state index is 0.104. The van der Waals surface area contributed by atoms with E-state index in [4.69, 9.17) is 5.73 Å². The van der Waals surface area contributed by atoms with E-state index in [1.165, 1.54) is 16.9 Å². The average Bonchev–Trinajstić information content (AvgIpc) is 3.09. The lowest BCUT2D eigenvalue weighted by Crippen LogP contribution is -2.31. The molecule has 1 unspecified atom stereocenters. The van der Waals surface area contributed by atoms with E-state index in [-0.39, 0.29) is 18.4 Å². The van der Waals surface area contributed by atoms with Gasteiger partial charge >= 0.3 is 0 Å². The van der Waals surface area contributed by atoms with E-state index in [9.17, 15) is 4.79 Å². The van der Waals surface area contributed by atoms with Crippen LogP contribution in [0.3, 0.4) is 0 Å². The number of amides is 1. The first kappa shape index (κ1) is 13.1. The van der Waals surface area contributed by atoms with Crippen molar-refractivity contribution in [2.45, 2.75) is 25.3 Å². The molecule has 2 aromatic rings. The molecule has 20 heavy (non-hydrogen) atoms. The lowest BCUT2D eigenvalue weighted by Gasteiger charge is -2.24. The van der Waals surface area contributed by atoms with Crippen molar-refractivity contribution in [3.63, 3.8) is 0 Å². The van der Waals surface area contributed by atoms with Crippen LogP contribution in [0.5, 0.6) is 0 Å². The van der Waals surface area contributed by atoms with Crippen molar-refractivity contribution in [3.8, 4) is 0 Å². The number of likely N-dealkylation sites (tertiary alicyclic amines) is 1. The van der Waals surface area contributed by atoms with Gasteiger partial charge in [0.1, 0.15) is 5.01 Å². The van der Waals surface area contributed by atoms with Gasteiger partial charge in [0.15, 0.2) is 0 Å². The summed E-state index contributed by atoms with van der Waals surface area (Å²) in [5.74, 6) is 0.104. The Labute approximate surface area is 121 Å². The molecule has 0 aliphatic carbocycles. The molecule has 5 nitrogen and oxygen atoms in total. The Morgan fingerprint density at radius 2 is 2.15 bits per heavy atom. The number of hydrogen-bond donors (Lipinski definition) is 1. The lowest BCUT2D eigenvalue weighted by atomic mass is 10.0. The number of carbonyl (C=O) groups is 1. The van der Waals surface area contributed by atoms with Crippen LogP contribution in [0.25, 0.3) is 0 Å². The van der Waals surface area contributed by atoms with Crippen LogP contribution in [-0.2, 0) is 11.2 Å². The maximum absolute atomic E-state index is 12.4. The quantitative estimate of drug-likeness (QED) is 0.938. The third kappa shape index (κ3) is 2.65. The number of nitrogens with two attached hydrogens (primary N) is 1. The number of anilines is 1. The summed E-state index contributed by atoms with van der Waals surface area (Å²) in [6, 6.07) is 10.4. The Balaban J connectivity index is 1.73. The van der Waals surface area contributed by atoms with E-state index in [2.05, 4.69) is 22.3 Å². The van der Waals surface area contributed by atoms with Gasteiger partial charge in [-0.2, -0.15) is 0 Å². The molecule has 1 atom stereocenters. The van der Waals surface area contributed by atoms with Crippen LogP contribution in [-0.4, -0.2) is 27.5 Å². The van der Waals surface area contributed by atoms with Crippen molar-refractivity contribution in [1.29, 1.82) is 0 Å². The summed E-state index contributed by atoms with van der Waals surface area (Å²) in [5, 5.41) is 8.77. The highest BCUT2D eigenvalue weighted by Gasteiger charge is 2.30. The van der Waals surface area contributed by atoms with Crippen LogP contribution in [0.2, 0.25) is 0 Å². The Bertz CT molecular complexity index is 598. The van der Waals surface area contributed by atoms with Crippen molar-refractivity contribution in [1.82, 2.24) is 15.1 Å². The van der Waals surface area contributed by atoms with Gasteiger partial charge in [-0.3, -0.25) is 4.79 Å². The van der Waals surface area contributed by atoms with Gasteiger partial charge in [0, 0.05) is 6.54 Å². The normalized spacial score (nSPS) is 18.4. The van der Waals surface area contributed by atoms with Crippen molar-refractivity contribution >= 4 is 22.4 Å². The van der Waals surface area contributed by atoms with Gasteiger partial charge < -0.3 is 10.6 Å². The summed E-state index contributed by atoms with van der Waals surface area (Å²) >= 11 is 1.28. The molecule has 2 heterocycles. The van der Waals surface area contributed by atoms with Crippen LogP contribution < -0.4 is 5.73 Å². The number of benzene rings is 1. The fraction of sp³-hybridized carbons (Fsp3) is 0.357. The minimum Gasteiger partial charge on any atom is -0.374 e. The molecule has 0 saturated carbocycles. The van der Waals surface area contributed by atoms with Gasteiger partial charge in [0.25, 0.3) is 0 Å². The van der Waals surface area contributed by atoms with Gasteiger partial charge in [0.05, 0.1) is 12.5 Å². The van der Waals surface area contributed by atoms with Crippen molar-refractivity contribution in [3.05, 3.63) is 40.9 Å². The topological polar surface area (TPSA) is 72.1 Å². The Kier molecular flexibility index (Phi) is 3.64. The second-order valence-corrected chi connectivity index (χ2v) is 5.96. The number of hydrogen-bond acceptors (Lipinski definition) is 5. The zero-order valence-corrected chi connectivity index (χ0v) is 11.8. The molecular formula is C14H16N4OS. The highest BCUT2D eigenvalue weighted by molar-refractivity contribution is 7.15. The van der Waals surface area contributed by atoms with Crippen LogP contribution >= 0.6 is 11.3 Å². The molecule has 1 fully saturated rings. The van der Waals surface area contributed by atoms with Gasteiger partial charge in [-0.1, -0.05) is 41.7 Å². The molecule has 104 valence electrons. The molecular weight excluding hydrogens is 272 g/mol. The minimum atomic E-state index is 0.104. The number of aromatic nitrogens is 2. The summed E-state index contributed by atoms with van der Waals surface area (Å²) < 4.78 is 0. The number of rotatable bonds is 3. The summed E-state index contributed by atoms with van der Waals surface area (Å²) in [7, 11) is 0. The number of nitrogen functional groups attached to an aromatic ring is 1. The molecule has 0 radical (unpaired) electrons. The highest BCUT2D eigenvalue weighted by Crippen LogP contribution is 2.32. The summed E-state index contributed by atoms with van der Waals surface area (Å²) in [6.07, 6.45) is 2.36. The molecule has 1 aliphatic rings. The van der Waals surface area contributed by atoms with E-state index in [1.54, 1.807) is 0 Å². The van der Waals surface area contributed by atoms with E-state index >= 15 is 0 Å². The molecule has 1 saturated heterocycles. The SMILES string of the molecule is Nc1nnc(CC(=O)N2CCCC2c2ccccc2)s1. The molecule has 1 aromatic heterocycles. The third-order valence-electron chi connectivity index (χ3n) is 3.54. The smallest absolute Gasteiger partial charge is 0.230 e. The largest absolute Gasteiger partial charge is 0.374 e. The molecule has 1 amide bonds. The molecule has 1 aliphatic heterocycles. The van der Waals surface area contributed by atoms with Gasteiger partial charge in [-0.05, 0) is 18.4 Å². The Morgan fingerprint density at radius 3 is 2.85 bits per heavy atom. The Morgan fingerprint density at radius 1 is 1.35 bits per heavy atom. The van der Waals surface area contributed by atoms with Crippen LogP contribution in [0.4, 0.5) is 5.13 Å². The average molecular weight is 288 g/mol. The standard InChI is InChI=1S/C14H16N4OS/c15-14-17-16-12(20-14)9-13(19)18-8-4-7-11(18)10-5-2-1-3-6-10/h1-3,5-6,11H,4,7-9H2,(H2,15,17). The summed E-state index contributed by atoms with van der Waals surface area (Å²) in [5.41, 5.74) is 6.75. The molecule has 2 N–H and O–H groups in total. The predicted molar refractivity (Wildman–Crippen MR) is 78.2 cm³/mol. The molecule has 0 bridgehead atoms. The second kappa shape index (κ2) is 5.58. The lowest BCUT2D eigenvalue weighted by molar-refractivity contribution is -0.131. The van der Waals surface area contributed by atoms with E-state index in [1.807, 2.05) is 23.1 Å². The first-order valence-electron chi connectivity index (χ1n) is 6.66. The fourth-order valence-corrected chi connectivity index (χ4v) is 3.26. The van der Waals surface area contributed by atoms with E-state index in [0.29, 0.717) is 10.1 Å². The Hall–Kier alpha value is -1.95. The second-order valence-electron chi connectivity index (χ2n) is 4.87. The van der Waals surface area contributed by atoms with Crippen LogP contribution in [0, 0.1) is 0 Å². The monoisotopic (exact) mass is 288 g/mol. The maximum atomic E-state index is 12.4. The highest BCUT2D eigenvalue weighted by atomic mass is 32.1. The zero-order chi connectivity index (χ0) is 13.9. The predicted octanol–water partition coefficient (Wildman–Crippen LogP) is 2.03. The third-order valence-corrected chi connectivity index (χ3v) is 4.29. The summed E-state index contributed by atoms with van der Waals surface area (Å²) in [4.78, 5) is 14.4. The molecule has 0 spiro atoms. The molecule has 6 heteroatoms. The van der Waals surface area contributed by atoms with Gasteiger partial charge in [0.2, 0.25) is 11.0 Å². The number of carbonyl (C=O) groups excluding carboxylic acids is 1. The van der Waals surface area contributed by atoms with Crippen molar-refractivity contribution in [2.24, 2.45) is 0 Å². The first-order valence-corrected chi connectivity index (χ1v) is 7.48. The van der Waals surface area contributed by atoms with Gasteiger partial charge in [-0.15, -0.1) is 10.2 Å². The van der Waals surface area contributed by atoms with E-state index < -0.39 is 0 Å². The molecule has 1 aromatic carbocycles. The fourth-order valence-electron chi connectivity index (χ4n) is 2.66. The zero-order valence-electron chi connectivity index (χ0n) is 11.0. The number of nitrogens with zero attached hydrogens (tertiary/aromatic N) is 3.